The average molecular weight is 553 g/mol. The molecule has 0 aliphatic carbocycles. The molecule has 3 aliphatic heterocycles. The van der Waals surface area contributed by atoms with Crippen molar-refractivity contribution in [3.8, 4) is 11.5 Å². The third-order valence-corrected chi connectivity index (χ3v) is 10.2. The van der Waals surface area contributed by atoms with Crippen molar-refractivity contribution in [1.29, 1.82) is 0 Å². The Morgan fingerprint density at radius 3 is 2.26 bits per heavy atom. The van der Waals surface area contributed by atoms with Gasteiger partial charge in [-0.25, -0.2) is 9.97 Å². The summed E-state index contributed by atoms with van der Waals surface area (Å²) in [5.74, 6) is 1.74. The highest BCUT2D eigenvalue weighted by atomic mass is 16.5. The monoisotopic (exact) mass is 552 g/mol. The minimum absolute atomic E-state index is 0.757. The zero-order valence-corrected chi connectivity index (χ0v) is 22.2. The van der Waals surface area contributed by atoms with Crippen LogP contribution in [0.2, 0.25) is 0 Å². The second-order valence-corrected chi connectivity index (χ2v) is 11.8. The zero-order valence-electron chi connectivity index (χ0n) is 22.2. The number of aromatic nitrogens is 6. The van der Waals surface area contributed by atoms with Gasteiger partial charge in [0.25, 0.3) is 5.65 Å². The van der Waals surface area contributed by atoms with E-state index in [1.54, 1.807) is 18.7 Å². The summed E-state index contributed by atoms with van der Waals surface area (Å²) in [4.78, 5) is 9.72. The number of nitrogens with zero attached hydrogens (tertiary/aromatic N) is 6. The van der Waals surface area contributed by atoms with Crippen LogP contribution in [-0.2, 0) is 5.66 Å². The van der Waals surface area contributed by atoms with Crippen molar-refractivity contribution < 1.29 is 18.3 Å². The zero-order chi connectivity index (χ0) is 27.3. The molecule has 13 rings (SSSR count). The minimum atomic E-state index is -0.757. The molecule has 0 radical (unpaired) electrons. The summed E-state index contributed by atoms with van der Waals surface area (Å²) < 4.78 is 22.8. The molecule has 10 aromatic rings. The highest BCUT2D eigenvalue weighted by Gasteiger charge is 2.67. The van der Waals surface area contributed by atoms with Gasteiger partial charge < -0.3 is 9.15 Å². The molecular formula is C35H16N6O2+2. The largest absolute Gasteiger partial charge is 0.456 e. The number of benzene rings is 4. The van der Waals surface area contributed by atoms with E-state index in [2.05, 4.69) is 96.8 Å². The van der Waals surface area contributed by atoms with Crippen molar-refractivity contribution >= 4 is 77.2 Å². The maximum absolute atomic E-state index is 6.87. The summed E-state index contributed by atoms with van der Waals surface area (Å²) in [7, 11) is 0. The smallest absolute Gasteiger partial charge is 0.344 e. The molecule has 0 fully saturated rings. The number of hydrogen-bond donors (Lipinski definition) is 0. The van der Waals surface area contributed by atoms with E-state index in [-0.39, 0.29) is 0 Å². The number of hydrogen-bond acceptors (Lipinski definition) is 4. The van der Waals surface area contributed by atoms with Crippen LogP contribution in [0.5, 0.6) is 11.5 Å². The van der Waals surface area contributed by atoms with E-state index < -0.39 is 5.66 Å². The number of furan rings is 1. The molecule has 8 nitrogen and oxygen atoms in total. The lowest BCUT2D eigenvalue weighted by Gasteiger charge is -2.30. The summed E-state index contributed by atoms with van der Waals surface area (Å²) in [5.41, 5.74) is 10.6. The van der Waals surface area contributed by atoms with Gasteiger partial charge in [0.2, 0.25) is 5.52 Å². The highest BCUT2D eigenvalue weighted by molar-refractivity contribution is 6.18. The third-order valence-electron chi connectivity index (χ3n) is 10.2. The van der Waals surface area contributed by atoms with E-state index in [0.717, 1.165) is 72.6 Å². The molecule has 196 valence electrons. The van der Waals surface area contributed by atoms with Crippen LogP contribution in [0.15, 0.2) is 102 Å². The van der Waals surface area contributed by atoms with E-state index in [0.29, 0.717) is 0 Å². The van der Waals surface area contributed by atoms with Crippen molar-refractivity contribution in [3.05, 3.63) is 109 Å². The van der Waals surface area contributed by atoms with E-state index in [9.17, 15) is 0 Å². The van der Waals surface area contributed by atoms with Crippen LogP contribution in [0.25, 0.3) is 77.2 Å². The summed E-state index contributed by atoms with van der Waals surface area (Å²) in [6, 6.07) is 28.2. The second kappa shape index (κ2) is 5.96. The van der Waals surface area contributed by atoms with Gasteiger partial charge >= 0.3 is 22.7 Å². The first-order chi connectivity index (χ1) is 21.4. The van der Waals surface area contributed by atoms with E-state index >= 15 is 0 Å². The summed E-state index contributed by atoms with van der Waals surface area (Å²) in [6.07, 6.45) is 5.30. The van der Waals surface area contributed by atoms with Crippen molar-refractivity contribution in [1.82, 2.24) is 18.8 Å². The molecule has 0 amide bonds. The maximum Gasteiger partial charge on any atom is 0.344 e. The number of rotatable bonds is 0. The standard InChI is InChI=1S/C35H16N6O2/c1-2-6-20-17(5-1)18-9-11-24-28-26(18)32-38(20)21-7-3-4-8-22(21)40(32)35(28)29-25(43-24)12-10-19-27(29)33-39(31-30(19)36-14-15-37-31)34-23(41(33)35)13-16-42-34/h1-16H/q+2. The Hall–Kier alpha value is -6.02. The highest BCUT2D eigenvalue weighted by Crippen LogP contribution is 2.58. The molecule has 0 saturated carbocycles. The first kappa shape index (κ1) is 20.0. The van der Waals surface area contributed by atoms with Crippen LogP contribution >= 0.6 is 0 Å². The maximum atomic E-state index is 6.87. The van der Waals surface area contributed by atoms with Gasteiger partial charge in [0.1, 0.15) is 33.7 Å². The fourth-order valence-corrected chi connectivity index (χ4v) is 8.94. The quantitative estimate of drug-likeness (QED) is 0.169. The first-order valence-electron chi connectivity index (χ1n) is 14.4. The molecular weight excluding hydrogens is 536 g/mol. The van der Waals surface area contributed by atoms with E-state index in [1.165, 1.54) is 27.2 Å². The molecule has 4 aromatic carbocycles. The van der Waals surface area contributed by atoms with Crippen molar-refractivity contribution in [2.24, 2.45) is 0 Å². The molecule has 6 aromatic heterocycles. The molecule has 3 aliphatic rings. The number of ether oxygens (including phenoxy) is 1. The van der Waals surface area contributed by atoms with E-state index in [4.69, 9.17) is 19.1 Å². The predicted octanol–water partition coefficient (Wildman–Crippen LogP) is 6.10. The fraction of sp³-hybridized carbons (Fsp3) is 0.0286. The van der Waals surface area contributed by atoms with Crippen LogP contribution in [0.1, 0.15) is 11.1 Å². The van der Waals surface area contributed by atoms with Crippen LogP contribution in [-0.4, -0.2) is 18.8 Å². The summed E-state index contributed by atoms with van der Waals surface area (Å²) >= 11 is 0. The lowest BCUT2D eigenvalue weighted by atomic mass is 9.85. The Morgan fingerprint density at radius 1 is 0.628 bits per heavy atom. The summed E-state index contributed by atoms with van der Waals surface area (Å²) in [6.45, 7) is 0. The van der Waals surface area contributed by atoms with Gasteiger partial charge in [-0.1, -0.05) is 30.3 Å². The van der Waals surface area contributed by atoms with Gasteiger partial charge in [0.15, 0.2) is 11.0 Å². The van der Waals surface area contributed by atoms with Crippen LogP contribution < -0.4 is 13.9 Å². The van der Waals surface area contributed by atoms with E-state index in [1.807, 2.05) is 0 Å². The van der Waals surface area contributed by atoms with Gasteiger partial charge in [-0.2, -0.15) is 13.5 Å². The number of fused-ring (bicyclic) bond motifs is 12. The number of pyridine rings is 2. The van der Waals surface area contributed by atoms with Gasteiger partial charge in [-0.05, 0) is 42.5 Å². The van der Waals surface area contributed by atoms with Crippen molar-refractivity contribution in [2.45, 2.75) is 5.66 Å². The molecule has 1 spiro atoms. The molecule has 1 atom stereocenters. The van der Waals surface area contributed by atoms with Crippen LogP contribution in [0.4, 0.5) is 0 Å². The van der Waals surface area contributed by atoms with Crippen LogP contribution in [0, 0.1) is 0 Å². The number of imidazole rings is 2. The molecule has 8 heteroatoms. The average Bonchev–Trinajstić information content (AvgIpc) is 3.84. The Labute approximate surface area is 239 Å². The first-order valence-corrected chi connectivity index (χ1v) is 14.4. The fourth-order valence-electron chi connectivity index (χ4n) is 8.94. The number of para-hydroxylation sites is 3. The van der Waals surface area contributed by atoms with Gasteiger partial charge in [0, 0.05) is 34.6 Å². The molecule has 0 saturated heterocycles. The molecule has 9 heterocycles. The molecule has 1 unspecified atom stereocenters. The Morgan fingerprint density at radius 2 is 1.35 bits per heavy atom. The predicted molar refractivity (Wildman–Crippen MR) is 160 cm³/mol. The summed E-state index contributed by atoms with van der Waals surface area (Å²) in [5, 5.41) is 5.83. The molecule has 0 bridgehead atoms. The van der Waals surface area contributed by atoms with Crippen LogP contribution in [0.3, 0.4) is 0 Å². The van der Waals surface area contributed by atoms with Crippen molar-refractivity contribution in [3.63, 3.8) is 0 Å². The lowest BCUT2D eigenvalue weighted by Crippen LogP contribution is -2.71. The second-order valence-electron chi connectivity index (χ2n) is 11.8. The van der Waals surface area contributed by atoms with Crippen molar-refractivity contribution in [2.75, 3.05) is 0 Å². The Kier molecular flexibility index (Phi) is 2.76. The molecule has 0 N–H and O–H groups in total. The minimum Gasteiger partial charge on any atom is -0.456 e. The Bertz CT molecular complexity index is 3060. The molecule has 43 heavy (non-hydrogen) atoms. The van der Waals surface area contributed by atoms with Gasteiger partial charge in [0.05, 0.1) is 17.0 Å². The Balaban J connectivity index is 1.45. The SMILES string of the molecule is c1ccc2c(c1)c1ccc3c4c1c1n2c2ccccc2[n+]1C41c2c(ccc4c5nccnc5n5c6occc6[n+]1c5c24)O3. The van der Waals surface area contributed by atoms with Gasteiger partial charge in [-0.3, -0.25) is 0 Å². The topological polar surface area (TPSA) is 64.7 Å². The normalized spacial score (nSPS) is 17.6. The van der Waals surface area contributed by atoms with Gasteiger partial charge in [-0.15, -0.1) is 4.40 Å². The lowest BCUT2D eigenvalue weighted by molar-refractivity contribution is -0.923. The third kappa shape index (κ3) is 1.73.